The molecule has 2 N–H and O–H groups in total. The predicted octanol–water partition coefficient (Wildman–Crippen LogP) is 1.08. The maximum Gasteiger partial charge on any atom is 0.235 e. The Balaban J connectivity index is 2.11. The zero-order valence-electron chi connectivity index (χ0n) is 8.41. The lowest BCUT2D eigenvalue weighted by Gasteiger charge is -1.86. The lowest BCUT2D eigenvalue weighted by Crippen LogP contribution is -1.94. The van der Waals surface area contributed by atoms with Gasteiger partial charge >= 0.3 is 0 Å². The van der Waals surface area contributed by atoms with Crippen LogP contribution in [0.4, 0.5) is 0 Å². The average molecular weight is 252 g/mol. The van der Waals surface area contributed by atoms with Crippen molar-refractivity contribution in [3.63, 3.8) is 0 Å². The van der Waals surface area contributed by atoms with Crippen molar-refractivity contribution in [2.24, 2.45) is 5.73 Å². The van der Waals surface area contributed by atoms with Crippen LogP contribution < -0.4 is 5.73 Å². The molecule has 16 heavy (non-hydrogen) atoms. The molecule has 0 aromatic carbocycles. The summed E-state index contributed by atoms with van der Waals surface area (Å²) in [6.45, 7) is 2.34. The van der Waals surface area contributed by atoms with E-state index in [0.717, 1.165) is 26.5 Å². The van der Waals surface area contributed by atoms with E-state index in [2.05, 4.69) is 20.3 Å². The van der Waals surface area contributed by atoms with Gasteiger partial charge < -0.3 is 5.73 Å². The second kappa shape index (κ2) is 3.58. The molecule has 82 valence electrons. The number of rotatable bonds is 2. The summed E-state index contributed by atoms with van der Waals surface area (Å²) in [6.07, 6.45) is 0. The highest BCUT2D eigenvalue weighted by molar-refractivity contribution is 7.20. The van der Waals surface area contributed by atoms with Crippen molar-refractivity contribution >= 4 is 27.6 Å². The van der Waals surface area contributed by atoms with Gasteiger partial charge in [-0.25, -0.2) is 4.98 Å². The third kappa shape index (κ3) is 1.42. The zero-order valence-corrected chi connectivity index (χ0v) is 10.0. The first-order chi connectivity index (χ1) is 7.78. The third-order valence-electron chi connectivity index (χ3n) is 2.09. The molecule has 0 radical (unpaired) electrons. The van der Waals surface area contributed by atoms with Gasteiger partial charge in [0.15, 0.2) is 10.8 Å². The van der Waals surface area contributed by atoms with Crippen LogP contribution in [0.25, 0.3) is 15.7 Å². The average Bonchev–Trinajstić information content (AvgIpc) is 2.95. The van der Waals surface area contributed by atoms with Crippen LogP contribution in [0.15, 0.2) is 5.38 Å². The minimum atomic E-state index is 0.466. The van der Waals surface area contributed by atoms with Gasteiger partial charge in [-0.15, -0.1) is 21.5 Å². The molecular formula is C8H8N6S2. The number of nitrogens with zero attached hydrogens (tertiary/aromatic N) is 5. The van der Waals surface area contributed by atoms with Gasteiger partial charge in [-0.05, 0) is 6.92 Å². The van der Waals surface area contributed by atoms with Crippen LogP contribution in [0.5, 0.6) is 0 Å². The molecule has 0 saturated heterocycles. The summed E-state index contributed by atoms with van der Waals surface area (Å²) in [6, 6.07) is 0. The van der Waals surface area contributed by atoms with Crippen LogP contribution in [0, 0.1) is 6.92 Å². The number of nitrogens with two attached hydrogens (primary N) is 1. The molecule has 3 aromatic rings. The molecule has 3 aromatic heterocycles. The van der Waals surface area contributed by atoms with Crippen molar-refractivity contribution in [3.8, 4) is 10.7 Å². The van der Waals surface area contributed by atoms with E-state index in [0.29, 0.717) is 6.54 Å². The molecule has 3 rings (SSSR count). The second-order valence-electron chi connectivity index (χ2n) is 3.18. The Labute approximate surface area is 98.8 Å². The summed E-state index contributed by atoms with van der Waals surface area (Å²) < 4.78 is 1.72. The fourth-order valence-corrected chi connectivity index (χ4v) is 2.90. The smallest absolute Gasteiger partial charge is 0.235 e. The summed E-state index contributed by atoms with van der Waals surface area (Å²) in [7, 11) is 0. The fraction of sp³-hybridized carbons (Fsp3) is 0.250. The predicted molar refractivity (Wildman–Crippen MR) is 62.4 cm³/mol. The lowest BCUT2D eigenvalue weighted by atomic mass is 10.5. The molecule has 0 saturated carbocycles. The van der Waals surface area contributed by atoms with Crippen LogP contribution in [0.2, 0.25) is 0 Å². The molecule has 3 heterocycles. The van der Waals surface area contributed by atoms with Crippen molar-refractivity contribution in [1.29, 1.82) is 0 Å². The van der Waals surface area contributed by atoms with Gasteiger partial charge in [-0.1, -0.05) is 11.3 Å². The van der Waals surface area contributed by atoms with Gasteiger partial charge in [-0.2, -0.15) is 9.61 Å². The molecular weight excluding hydrogens is 244 g/mol. The molecule has 6 nitrogen and oxygen atoms in total. The highest BCUT2D eigenvalue weighted by Gasteiger charge is 2.12. The SMILES string of the molecule is Cc1nnc2sc(-c3csc(CN)n3)nn12. The Bertz CT molecular complexity index is 636. The molecule has 0 fully saturated rings. The Hall–Kier alpha value is -1.38. The molecule has 0 bridgehead atoms. The monoisotopic (exact) mass is 252 g/mol. The first-order valence-electron chi connectivity index (χ1n) is 4.61. The third-order valence-corrected chi connectivity index (χ3v) is 3.88. The standard InChI is InChI=1S/C8H8N6S2/c1-4-11-12-8-14(4)13-7(16-8)5-3-15-6(2-9)10-5/h3H,2,9H2,1H3. The molecule has 0 atom stereocenters. The van der Waals surface area contributed by atoms with Crippen LogP contribution in [-0.2, 0) is 6.54 Å². The van der Waals surface area contributed by atoms with Gasteiger partial charge in [0.1, 0.15) is 10.7 Å². The van der Waals surface area contributed by atoms with Crippen molar-refractivity contribution in [2.45, 2.75) is 13.5 Å². The first-order valence-corrected chi connectivity index (χ1v) is 6.31. The molecule has 8 heteroatoms. The Morgan fingerprint density at radius 3 is 3.00 bits per heavy atom. The van der Waals surface area contributed by atoms with Gasteiger partial charge in [-0.3, -0.25) is 0 Å². The quantitative estimate of drug-likeness (QED) is 0.738. The summed E-state index contributed by atoms with van der Waals surface area (Å²) in [5.41, 5.74) is 6.39. The fourth-order valence-electron chi connectivity index (χ4n) is 1.32. The van der Waals surface area contributed by atoms with E-state index in [1.165, 1.54) is 11.3 Å². The number of hydrogen-bond donors (Lipinski definition) is 1. The van der Waals surface area contributed by atoms with Gasteiger partial charge in [0.25, 0.3) is 0 Å². The number of aryl methyl sites for hydroxylation is 1. The van der Waals surface area contributed by atoms with Crippen molar-refractivity contribution in [3.05, 3.63) is 16.2 Å². The van der Waals surface area contributed by atoms with Crippen LogP contribution in [0.1, 0.15) is 10.8 Å². The van der Waals surface area contributed by atoms with Crippen molar-refractivity contribution in [2.75, 3.05) is 0 Å². The minimum Gasteiger partial charge on any atom is -0.325 e. The summed E-state index contributed by atoms with van der Waals surface area (Å²) in [4.78, 5) is 5.17. The van der Waals surface area contributed by atoms with E-state index in [1.807, 2.05) is 12.3 Å². The van der Waals surface area contributed by atoms with Gasteiger partial charge in [0.05, 0.1) is 0 Å². The Kier molecular flexibility index (Phi) is 2.20. The number of thiazole rings is 1. The van der Waals surface area contributed by atoms with Gasteiger partial charge in [0.2, 0.25) is 4.96 Å². The van der Waals surface area contributed by atoms with E-state index < -0.39 is 0 Å². The van der Waals surface area contributed by atoms with Gasteiger partial charge in [0, 0.05) is 11.9 Å². The summed E-state index contributed by atoms with van der Waals surface area (Å²) >= 11 is 3.02. The zero-order chi connectivity index (χ0) is 11.1. The van der Waals surface area contributed by atoms with Crippen molar-refractivity contribution in [1.82, 2.24) is 24.8 Å². The van der Waals surface area contributed by atoms with E-state index in [-0.39, 0.29) is 0 Å². The molecule has 0 aliphatic rings. The number of hydrogen-bond acceptors (Lipinski definition) is 7. The number of aromatic nitrogens is 5. The Morgan fingerprint density at radius 2 is 2.31 bits per heavy atom. The lowest BCUT2D eigenvalue weighted by molar-refractivity contribution is 0.895. The van der Waals surface area contributed by atoms with Crippen LogP contribution in [-0.4, -0.2) is 24.8 Å². The van der Waals surface area contributed by atoms with Crippen molar-refractivity contribution < 1.29 is 0 Å². The molecule has 0 spiro atoms. The molecule has 0 aliphatic carbocycles. The second-order valence-corrected chi connectivity index (χ2v) is 5.08. The normalized spacial score (nSPS) is 11.4. The van der Waals surface area contributed by atoms with Crippen LogP contribution in [0.3, 0.4) is 0 Å². The van der Waals surface area contributed by atoms with Crippen LogP contribution >= 0.6 is 22.7 Å². The molecule has 0 aliphatic heterocycles. The maximum atomic E-state index is 5.52. The van der Waals surface area contributed by atoms with E-state index >= 15 is 0 Å². The maximum absolute atomic E-state index is 5.52. The minimum absolute atomic E-state index is 0.466. The highest BCUT2D eigenvalue weighted by Crippen LogP contribution is 2.26. The Morgan fingerprint density at radius 1 is 1.44 bits per heavy atom. The summed E-state index contributed by atoms with van der Waals surface area (Å²) in [5, 5.41) is 16.1. The largest absolute Gasteiger partial charge is 0.325 e. The molecule has 0 unspecified atom stereocenters. The first kappa shape index (κ1) is 9.82. The topological polar surface area (TPSA) is 82.0 Å². The highest BCUT2D eigenvalue weighted by atomic mass is 32.1. The number of fused-ring (bicyclic) bond motifs is 1. The summed E-state index contributed by atoms with van der Waals surface area (Å²) in [5.74, 6) is 0.784. The van der Waals surface area contributed by atoms with E-state index in [4.69, 9.17) is 5.73 Å². The molecule has 0 amide bonds. The van der Waals surface area contributed by atoms with E-state index in [9.17, 15) is 0 Å². The van der Waals surface area contributed by atoms with E-state index in [1.54, 1.807) is 15.9 Å².